The quantitative estimate of drug-likeness (QED) is 0.910. The molecule has 0 radical (unpaired) electrons. The summed E-state index contributed by atoms with van der Waals surface area (Å²) in [6.45, 7) is 4.89. The summed E-state index contributed by atoms with van der Waals surface area (Å²) < 4.78 is 5.37. The van der Waals surface area contributed by atoms with Crippen molar-refractivity contribution < 1.29 is 14.6 Å². The van der Waals surface area contributed by atoms with Crippen LogP contribution in [0.3, 0.4) is 0 Å². The summed E-state index contributed by atoms with van der Waals surface area (Å²) in [5.74, 6) is -0.924. The number of benzene rings is 1. The first-order valence-corrected chi connectivity index (χ1v) is 6.81. The second kappa shape index (κ2) is 5.95. The van der Waals surface area contributed by atoms with Crippen LogP contribution in [0.2, 0.25) is 0 Å². The summed E-state index contributed by atoms with van der Waals surface area (Å²) >= 11 is 1.20. The highest BCUT2D eigenvalue weighted by Gasteiger charge is 2.15. The molecular weight excluding hydrogens is 262 g/mol. The maximum absolute atomic E-state index is 11.0. The number of ether oxygens (including phenoxy) is 1. The van der Waals surface area contributed by atoms with E-state index in [1.807, 2.05) is 31.2 Å². The molecule has 2 aromatic rings. The fourth-order valence-electron chi connectivity index (χ4n) is 1.73. The maximum atomic E-state index is 11.0. The highest BCUT2D eigenvalue weighted by molar-refractivity contribution is 7.17. The van der Waals surface area contributed by atoms with Gasteiger partial charge >= 0.3 is 5.97 Å². The van der Waals surface area contributed by atoms with E-state index >= 15 is 0 Å². The molecule has 0 atom stereocenters. The van der Waals surface area contributed by atoms with Gasteiger partial charge in [-0.15, -0.1) is 11.3 Å². The smallest absolute Gasteiger partial charge is 0.347 e. The molecule has 1 N–H and O–H groups in total. The molecule has 0 saturated heterocycles. The Morgan fingerprint density at radius 3 is 2.89 bits per heavy atom. The molecule has 0 saturated carbocycles. The van der Waals surface area contributed by atoms with Crippen molar-refractivity contribution in [2.75, 3.05) is 6.61 Å². The Morgan fingerprint density at radius 1 is 1.47 bits per heavy atom. The van der Waals surface area contributed by atoms with Crippen LogP contribution in [-0.2, 0) is 11.3 Å². The first-order chi connectivity index (χ1) is 9.11. The third kappa shape index (κ3) is 3.19. The molecule has 2 rings (SSSR count). The zero-order valence-corrected chi connectivity index (χ0v) is 11.7. The Balaban J connectivity index is 2.31. The Morgan fingerprint density at radius 2 is 2.26 bits per heavy atom. The normalized spacial score (nSPS) is 10.6. The number of aromatic nitrogens is 1. The van der Waals surface area contributed by atoms with Gasteiger partial charge in [-0.1, -0.05) is 18.2 Å². The third-order valence-corrected chi connectivity index (χ3v) is 3.83. The van der Waals surface area contributed by atoms with Crippen LogP contribution in [0.15, 0.2) is 24.3 Å². The predicted molar refractivity (Wildman–Crippen MR) is 74.6 cm³/mol. The minimum absolute atomic E-state index is 0.296. The third-order valence-electron chi connectivity index (χ3n) is 2.64. The summed E-state index contributed by atoms with van der Waals surface area (Å²) in [4.78, 5) is 15.6. The van der Waals surface area contributed by atoms with Gasteiger partial charge in [-0.05, 0) is 25.5 Å². The molecule has 1 heterocycles. The van der Waals surface area contributed by atoms with Gasteiger partial charge in [-0.2, -0.15) is 0 Å². The molecule has 1 aromatic heterocycles. The van der Waals surface area contributed by atoms with Crippen molar-refractivity contribution in [2.24, 2.45) is 0 Å². The van der Waals surface area contributed by atoms with Gasteiger partial charge in [0.15, 0.2) is 0 Å². The summed E-state index contributed by atoms with van der Waals surface area (Å²) in [6.07, 6.45) is 0. The summed E-state index contributed by atoms with van der Waals surface area (Å²) in [5, 5.41) is 9.78. The molecule has 0 fully saturated rings. The van der Waals surface area contributed by atoms with Gasteiger partial charge < -0.3 is 9.84 Å². The van der Waals surface area contributed by atoms with E-state index in [9.17, 15) is 4.79 Å². The molecule has 5 heteroatoms. The SMILES string of the molecule is CCOCc1cccc(-c2nc(C)c(C(=O)O)s2)c1. The second-order valence-corrected chi connectivity index (χ2v) is 5.08. The van der Waals surface area contributed by atoms with Gasteiger partial charge in [-0.25, -0.2) is 9.78 Å². The van der Waals surface area contributed by atoms with Crippen LogP contribution in [0, 0.1) is 6.92 Å². The minimum Gasteiger partial charge on any atom is -0.477 e. The van der Waals surface area contributed by atoms with E-state index in [0.29, 0.717) is 23.8 Å². The zero-order chi connectivity index (χ0) is 13.8. The molecule has 0 spiro atoms. The lowest BCUT2D eigenvalue weighted by Crippen LogP contribution is -1.94. The molecule has 0 aliphatic carbocycles. The molecule has 19 heavy (non-hydrogen) atoms. The number of hydrogen-bond donors (Lipinski definition) is 1. The first-order valence-electron chi connectivity index (χ1n) is 5.99. The molecule has 1 aromatic carbocycles. The number of thiazole rings is 1. The first kappa shape index (κ1) is 13.7. The van der Waals surface area contributed by atoms with E-state index in [1.54, 1.807) is 6.92 Å². The summed E-state index contributed by atoms with van der Waals surface area (Å²) in [5.41, 5.74) is 2.55. The number of hydrogen-bond acceptors (Lipinski definition) is 4. The van der Waals surface area contributed by atoms with Crippen LogP contribution in [0.1, 0.15) is 27.9 Å². The molecule has 100 valence electrons. The van der Waals surface area contributed by atoms with Gasteiger partial charge in [0.25, 0.3) is 0 Å². The fourth-order valence-corrected chi connectivity index (χ4v) is 2.63. The second-order valence-electron chi connectivity index (χ2n) is 4.08. The molecule has 0 unspecified atom stereocenters. The number of aromatic carboxylic acids is 1. The molecule has 4 nitrogen and oxygen atoms in total. The van der Waals surface area contributed by atoms with Crippen molar-refractivity contribution in [3.8, 4) is 10.6 Å². The number of nitrogens with zero attached hydrogens (tertiary/aromatic N) is 1. The molecule has 0 bridgehead atoms. The van der Waals surface area contributed by atoms with Crippen LogP contribution in [0.5, 0.6) is 0 Å². The summed E-state index contributed by atoms with van der Waals surface area (Å²) in [6, 6.07) is 7.83. The molecule has 0 aliphatic heterocycles. The van der Waals surface area contributed by atoms with Gasteiger partial charge in [0.2, 0.25) is 0 Å². The lowest BCUT2D eigenvalue weighted by molar-refractivity contribution is 0.0701. The van der Waals surface area contributed by atoms with E-state index in [2.05, 4.69) is 4.98 Å². The lowest BCUT2D eigenvalue weighted by Gasteiger charge is -2.03. The Labute approximate surface area is 115 Å². The predicted octanol–water partition coefficient (Wildman–Crippen LogP) is 3.35. The monoisotopic (exact) mass is 277 g/mol. The number of carboxylic acid groups (broad SMARTS) is 1. The fraction of sp³-hybridized carbons (Fsp3) is 0.286. The van der Waals surface area contributed by atoms with Gasteiger partial charge in [0.05, 0.1) is 12.3 Å². The number of carbonyl (C=O) groups is 1. The van der Waals surface area contributed by atoms with E-state index in [0.717, 1.165) is 16.1 Å². The average molecular weight is 277 g/mol. The van der Waals surface area contributed by atoms with Gasteiger partial charge in [0.1, 0.15) is 9.88 Å². The average Bonchev–Trinajstić information content (AvgIpc) is 2.79. The lowest BCUT2D eigenvalue weighted by atomic mass is 10.1. The topological polar surface area (TPSA) is 59.4 Å². The van der Waals surface area contributed by atoms with Crippen molar-refractivity contribution in [2.45, 2.75) is 20.5 Å². The van der Waals surface area contributed by atoms with Crippen molar-refractivity contribution in [3.63, 3.8) is 0 Å². The van der Waals surface area contributed by atoms with Gasteiger partial charge in [-0.3, -0.25) is 0 Å². The number of rotatable bonds is 5. The van der Waals surface area contributed by atoms with Crippen LogP contribution >= 0.6 is 11.3 Å². The largest absolute Gasteiger partial charge is 0.477 e. The highest BCUT2D eigenvalue weighted by Crippen LogP contribution is 2.28. The van der Waals surface area contributed by atoms with E-state index in [1.165, 1.54) is 11.3 Å². The maximum Gasteiger partial charge on any atom is 0.347 e. The minimum atomic E-state index is -0.924. The van der Waals surface area contributed by atoms with Gasteiger partial charge in [0, 0.05) is 12.2 Å². The van der Waals surface area contributed by atoms with Crippen LogP contribution in [0.25, 0.3) is 10.6 Å². The van der Waals surface area contributed by atoms with Crippen molar-refractivity contribution in [3.05, 3.63) is 40.4 Å². The Hall–Kier alpha value is -1.72. The Bertz CT molecular complexity index is 592. The molecule has 0 amide bonds. The van der Waals surface area contributed by atoms with E-state index in [4.69, 9.17) is 9.84 Å². The van der Waals surface area contributed by atoms with Crippen molar-refractivity contribution in [1.82, 2.24) is 4.98 Å². The highest BCUT2D eigenvalue weighted by atomic mass is 32.1. The van der Waals surface area contributed by atoms with Crippen LogP contribution in [-0.4, -0.2) is 22.7 Å². The van der Waals surface area contributed by atoms with Crippen molar-refractivity contribution >= 4 is 17.3 Å². The molecular formula is C14H15NO3S. The number of carboxylic acids is 1. The zero-order valence-electron chi connectivity index (χ0n) is 10.8. The summed E-state index contributed by atoms with van der Waals surface area (Å²) in [7, 11) is 0. The standard InChI is InChI=1S/C14H15NO3S/c1-3-18-8-10-5-4-6-11(7-10)13-15-9(2)12(19-13)14(16)17/h4-7H,3,8H2,1-2H3,(H,16,17). The van der Waals surface area contributed by atoms with E-state index < -0.39 is 5.97 Å². The number of aryl methyl sites for hydroxylation is 1. The Kier molecular flexibility index (Phi) is 4.29. The van der Waals surface area contributed by atoms with Crippen molar-refractivity contribution in [1.29, 1.82) is 0 Å². The van der Waals surface area contributed by atoms with Crippen LogP contribution in [0.4, 0.5) is 0 Å². The molecule has 0 aliphatic rings. The van der Waals surface area contributed by atoms with E-state index in [-0.39, 0.29) is 0 Å². The van der Waals surface area contributed by atoms with Crippen LogP contribution < -0.4 is 0 Å².